The van der Waals surface area contributed by atoms with Crippen LogP contribution in [0.1, 0.15) is 0 Å². The molecule has 0 spiro atoms. The number of hydrogen-bond acceptors (Lipinski definition) is 4. The third-order valence-corrected chi connectivity index (χ3v) is 0. The third kappa shape index (κ3) is 158. The molecule has 8 heavy (non-hydrogen) atoms. The summed E-state index contributed by atoms with van der Waals surface area (Å²) < 4.78 is 8.55. The van der Waals surface area contributed by atoms with Gasteiger partial charge in [-0.05, 0) is 0 Å². The molecule has 8 heteroatoms. The van der Waals surface area contributed by atoms with Gasteiger partial charge in [0.25, 0.3) is 0 Å². The Kier molecular flexibility index (Phi) is 23.8. The number of rotatable bonds is 0. The van der Waals surface area contributed by atoms with E-state index in [1.54, 1.807) is 0 Å². The van der Waals surface area contributed by atoms with Gasteiger partial charge in [0.1, 0.15) is 0 Å². The van der Waals surface area contributed by atoms with Gasteiger partial charge in [0.05, 0.1) is 0 Å². The van der Waals surface area contributed by atoms with Gasteiger partial charge in [-0.25, -0.2) is 0 Å². The molecule has 0 aromatic rings. The van der Waals surface area contributed by atoms with Gasteiger partial charge in [-0.1, -0.05) is 0 Å². The summed E-state index contributed by atoms with van der Waals surface area (Å²) >= 11 is 0. The second kappa shape index (κ2) is 8.38. The molecule has 0 aromatic heterocycles. The molecular weight excluding hydrogens is 271 g/mol. The minimum absolute atomic E-state index is 0. The van der Waals surface area contributed by atoms with Crippen LogP contribution in [0.15, 0.2) is 0 Å². The van der Waals surface area contributed by atoms with Gasteiger partial charge in [0.2, 0.25) is 0 Å². The first-order valence-corrected chi connectivity index (χ1v) is 2.19. The Morgan fingerprint density at radius 2 is 1.00 bits per heavy atom. The first-order chi connectivity index (χ1) is 2.00. The van der Waals surface area contributed by atoms with Crippen LogP contribution in [0.4, 0.5) is 0 Å². The molecule has 0 fully saturated rings. The van der Waals surface area contributed by atoms with Crippen molar-refractivity contribution >= 4 is 7.82 Å². The molecule has 4 N–H and O–H groups in total. The van der Waals surface area contributed by atoms with Crippen LogP contribution in [-0.4, -0.2) is 11.0 Å². The zero-order chi connectivity index (χ0) is 4.50. The molecule has 49 valence electrons. The summed E-state index contributed by atoms with van der Waals surface area (Å²) in [7, 11) is -5.39. The van der Waals surface area contributed by atoms with Crippen LogP contribution < -0.4 is 14.7 Å². The van der Waals surface area contributed by atoms with E-state index in [0.29, 0.717) is 0 Å². The fraction of sp³-hybridized carbons (Fsp3) is 0. The van der Waals surface area contributed by atoms with Crippen molar-refractivity contribution in [2.24, 2.45) is 0 Å². The van der Waals surface area contributed by atoms with E-state index in [-0.39, 0.29) is 51.8 Å². The zero-order valence-corrected chi connectivity index (χ0v) is 7.68. The summed E-state index contributed by atoms with van der Waals surface area (Å²) in [4.78, 5) is 25.6. The Morgan fingerprint density at radius 1 is 1.00 bits per heavy atom. The molecule has 0 saturated heterocycles. The van der Waals surface area contributed by atoms with Gasteiger partial charge < -0.3 is 30.2 Å². The van der Waals surface area contributed by atoms with E-state index in [1.165, 1.54) is 0 Å². The quantitative estimate of drug-likeness (QED) is 0.409. The Labute approximate surface area is 78.3 Å². The summed E-state index contributed by atoms with van der Waals surface area (Å²) in [5, 5.41) is 0. The van der Waals surface area contributed by atoms with Crippen molar-refractivity contribution in [1.82, 2.24) is 0 Å². The monoisotopic (exact) mass is 273 g/mol. The molecule has 0 heterocycles. The summed E-state index contributed by atoms with van der Waals surface area (Å²) in [6.07, 6.45) is 0. The maximum Gasteiger partial charge on any atom is 3.00 e. The molecule has 6 nitrogen and oxygen atoms in total. The van der Waals surface area contributed by atoms with Crippen molar-refractivity contribution in [1.29, 1.82) is 0 Å². The molecule has 0 aliphatic rings. The molecular formula is H4NdO6P. The van der Waals surface area contributed by atoms with Gasteiger partial charge >= 0.3 is 40.8 Å². The minimum Gasteiger partial charge on any atom is -0.822 e. The fourth-order valence-electron chi connectivity index (χ4n) is 0. The second-order valence-corrected chi connectivity index (χ2v) is 1.34. The summed E-state index contributed by atoms with van der Waals surface area (Å²) in [6.45, 7) is 0. The predicted octanol–water partition coefficient (Wildman–Crippen LogP) is -4.47. The molecule has 0 aliphatic carbocycles. The Morgan fingerprint density at radius 3 is 1.00 bits per heavy atom. The van der Waals surface area contributed by atoms with E-state index in [1.807, 2.05) is 0 Å². The van der Waals surface area contributed by atoms with Crippen LogP contribution in [0, 0.1) is 40.8 Å². The second-order valence-electron chi connectivity index (χ2n) is 0.447. The molecule has 0 bridgehead atoms. The van der Waals surface area contributed by atoms with Gasteiger partial charge in [-0.2, -0.15) is 7.82 Å². The van der Waals surface area contributed by atoms with E-state index in [9.17, 15) is 0 Å². The zero-order valence-electron chi connectivity index (χ0n) is 3.58. The van der Waals surface area contributed by atoms with E-state index in [0.717, 1.165) is 0 Å². The fourth-order valence-corrected chi connectivity index (χ4v) is 0. The normalized spacial score (nSPS) is 7.38. The van der Waals surface area contributed by atoms with Gasteiger partial charge in [0, 0.05) is 0 Å². The molecule has 0 atom stereocenters. The largest absolute Gasteiger partial charge is 3.00 e. The molecule has 0 aliphatic heterocycles. The van der Waals surface area contributed by atoms with E-state index >= 15 is 0 Å². The first-order valence-electron chi connectivity index (χ1n) is 0.730. The Hall–Kier alpha value is 1.38. The van der Waals surface area contributed by atoms with Gasteiger partial charge in [-0.3, -0.25) is 0 Å². The third-order valence-electron chi connectivity index (χ3n) is 0. The van der Waals surface area contributed by atoms with Gasteiger partial charge in [0.15, 0.2) is 0 Å². The predicted molar refractivity (Wildman–Crippen MR) is 14.8 cm³/mol. The van der Waals surface area contributed by atoms with Crippen LogP contribution >= 0.6 is 7.82 Å². The van der Waals surface area contributed by atoms with Crippen molar-refractivity contribution in [3.05, 3.63) is 0 Å². The average molecular weight is 275 g/mol. The molecule has 0 amide bonds. The van der Waals surface area contributed by atoms with Crippen molar-refractivity contribution < 1.29 is 71.0 Å². The molecule has 0 unspecified atom stereocenters. The summed E-state index contributed by atoms with van der Waals surface area (Å²) in [5.74, 6) is 0. The van der Waals surface area contributed by atoms with E-state index in [4.69, 9.17) is 19.2 Å². The van der Waals surface area contributed by atoms with E-state index < -0.39 is 7.82 Å². The van der Waals surface area contributed by atoms with Crippen molar-refractivity contribution in [3.63, 3.8) is 0 Å². The number of phosphoric acid groups is 1. The summed E-state index contributed by atoms with van der Waals surface area (Å²) in [5.41, 5.74) is 0. The minimum atomic E-state index is -5.39. The van der Waals surface area contributed by atoms with Crippen LogP contribution in [0.25, 0.3) is 0 Å². The van der Waals surface area contributed by atoms with Crippen LogP contribution in [0.3, 0.4) is 0 Å². The maximum atomic E-state index is 8.55. The van der Waals surface area contributed by atoms with Crippen molar-refractivity contribution in [2.45, 2.75) is 0 Å². The van der Waals surface area contributed by atoms with Gasteiger partial charge in [-0.15, -0.1) is 0 Å². The molecule has 0 rings (SSSR count). The van der Waals surface area contributed by atoms with Crippen LogP contribution in [-0.2, 0) is 4.57 Å². The molecule has 0 aromatic carbocycles. The molecule has 0 saturated carbocycles. The van der Waals surface area contributed by atoms with Crippen LogP contribution in [0.5, 0.6) is 0 Å². The van der Waals surface area contributed by atoms with Crippen molar-refractivity contribution in [3.8, 4) is 0 Å². The standard InChI is InChI=1S/Nd.H3O4P.2H2O/c;1-5(2,3)4;;/h;(H3,1,2,3,4);2*1H2/q+3;;;/p-3. The topological polar surface area (TPSA) is 149 Å². The smallest absolute Gasteiger partial charge is 0.822 e. The Bertz CT molecular complexity index is 54.7. The maximum absolute atomic E-state index is 8.55. The Balaban J connectivity index is -0.0000000267. The molecule has 1 radical (unpaired) electrons. The van der Waals surface area contributed by atoms with E-state index in [2.05, 4.69) is 0 Å². The first kappa shape index (κ1) is 22.8. The summed E-state index contributed by atoms with van der Waals surface area (Å²) in [6, 6.07) is 0. The average Bonchev–Trinajstić information content (AvgIpc) is 0.722. The van der Waals surface area contributed by atoms with Crippen molar-refractivity contribution in [2.75, 3.05) is 0 Å². The SMILES string of the molecule is O.O.O=P([O-])([O-])[O-].[Nd+3]. The number of hydrogen-bond donors (Lipinski definition) is 0. The van der Waals surface area contributed by atoms with Crippen LogP contribution in [0.2, 0.25) is 0 Å².